The number of benzene rings is 1. The first-order valence-electron chi connectivity index (χ1n) is 7.81. The zero-order valence-electron chi connectivity index (χ0n) is 14.9. The summed E-state index contributed by atoms with van der Waals surface area (Å²) >= 11 is 5.54. The van der Waals surface area contributed by atoms with E-state index in [1.54, 1.807) is 4.72 Å². The Hall–Kier alpha value is -3.13. The molecule has 2 rings (SSSR count). The van der Waals surface area contributed by atoms with Crippen molar-refractivity contribution < 1.29 is 40.7 Å². The van der Waals surface area contributed by atoms with Gasteiger partial charge in [-0.1, -0.05) is 23.7 Å². The number of anilines is 1. The van der Waals surface area contributed by atoms with E-state index in [0.717, 1.165) is 6.07 Å². The molecule has 1 aromatic carbocycles. The minimum Gasteiger partial charge on any atom is -0.462 e. The van der Waals surface area contributed by atoms with Crippen LogP contribution in [0.3, 0.4) is 0 Å². The van der Waals surface area contributed by atoms with Gasteiger partial charge in [0.15, 0.2) is 0 Å². The second-order valence-electron chi connectivity index (χ2n) is 5.18. The molecular formula is C15H12ClF3N4O6S. The number of carbonyl (C=O) groups excluding carboxylic acids is 2. The highest BCUT2D eigenvalue weighted by Gasteiger charge is 2.32. The SMILES string of the molecule is CCOC(=O)c1ccccc1S(=O)(=O)NC(=O)Nc1nc(Cl)cc(OC(F)(F)F)n1. The van der Waals surface area contributed by atoms with Crippen molar-refractivity contribution in [3.63, 3.8) is 0 Å². The molecule has 0 radical (unpaired) electrons. The molecule has 10 nitrogen and oxygen atoms in total. The van der Waals surface area contributed by atoms with E-state index in [2.05, 4.69) is 14.7 Å². The number of nitrogens with zero attached hydrogens (tertiary/aromatic N) is 2. The van der Waals surface area contributed by atoms with Crippen molar-refractivity contribution in [1.82, 2.24) is 14.7 Å². The number of urea groups is 1. The number of halogens is 4. The number of sulfonamides is 1. The Morgan fingerprint density at radius 1 is 1.20 bits per heavy atom. The van der Waals surface area contributed by atoms with Crippen molar-refractivity contribution in [2.45, 2.75) is 18.2 Å². The van der Waals surface area contributed by atoms with Crippen molar-refractivity contribution in [2.24, 2.45) is 0 Å². The molecule has 30 heavy (non-hydrogen) atoms. The van der Waals surface area contributed by atoms with Crippen molar-refractivity contribution in [2.75, 3.05) is 11.9 Å². The molecular weight excluding hydrogens is 457 g/mol. The number of rotatable bonds is 6. The summed E-state index contributed by atoms with van der Waals surface area (Å²) in [6.07, 6.45) is -5.09. The summed E-state index contributed by atoms with van der Waals surface area (Å²) in [6.45, 7) is 1.50. The number of aromatic nitrogens is 2. The van der Waals surface area contributed by atoms with Crippen LogP contribution in [0, 0.1) is 0 Å². The molecule has 0 aliphatic heterocycles. The quantitative estimate of drug-likeness (QED) is 0.487. The van der Waals surface area contributed by atoms with Crippen LogP contribution in [0.5, 0.6) is 5.88 Å². The predicted octanol–water partition coefficient (Wildman–Crippen LogP) is 2.72. The smallest absolute Gasteiger partial charge is 0.462 e. The van der Waals surface area contributed by atoms with Gasteiger partial charge in [0, 0.05) is 6.07 Å². The number of hydrogen-bond donors (Lipinski definition) is 2. The van der Waals surface area contributed by atoms with Crippen LogP contribution in [0.4, 0.5) is 23.9 Å². The standard InChI is InChI=1S/C15H12ClF3N4O6S/c1-2-28-12(24)8-5-3-4-6-9(8)30(26,27)23-14(25)22-13-20-10(16)7-11(21-13)29-15(17,18)19/h3-7H,2H2,1H3,(H2,20,21,22,23,25). The maximum Gasteiger partial charge on any atom is 0.574 e. The summed E-state index contributed by atoms with van der Waals surface area (Å²) in [4.78, 5) is 30.1. The molecule has 0 saturated carbocycles. The van der Waals surface area contributed by atoms with Gasteiger partial charge in [0.2, 0.25) is 11.8 Å². The predicted molar refractivity (Wildman–Crippen MR) is 95.5 cm³/mol. The summed E-state index contributed by atoms with van der Waals surface area (Å²) in [7, 11) is -4.59. The molecule has 1 heterocycles. The third-order valence-corrected chi connectivity index (χ3v) is 4.60. The van der Waals surface area contributed by atoms with Crippen molar-refractivity contribution >= 4 is 39.6 Å². The molecule has 0 aliphatic rings. The highest BCUT2D eigenvalue weighted by molar-refractivity contribution is 7.90. The summed E-state index contributed by atoms with van der Waals surface area (Å²) in [6, 6.07) is 4.10. The van der Waals surface area contributed by atoms with Gasteiger partial charge in [-0.2, -0.15) is 4.98 Å². The minimum absolute atomic E-state index is 0.0183. The Labute approximate surface area is 172 Å². The fraction of sp³-hybridized carbons (Fsp3) is 0.200. The van der Waals surface area contributed by atoms with Gasteiger partial charge < -0.3 is 9.47 Å². The van der Waals surface area contributed by atoms with Crippen LogP contribution in [0.15, 0.2) is 35.2 Å². The van der Waals surface area contributed by atoms with Crippen LogP contribution in [0.25, 0.3) is 0 Å². The highest BCUT2D eigenvalue weighted by atomic mass is 35.5. The Morgan fingerprint density at radius 3 is 2.50 bits per heavy atom. The minimum atomic E-state index is -5.09. The Bertz CT molecular complexity index is 1060. The largest absolute Gasteiger partial charge is 0.574 e. The Morgan fingerprint density at radius 2 is 1.87 bits per heavy atom. The van der Waals surface area contributed by atoms with Gasteiger partial charge in [-0.05, 0) is 19.1 Å². The van der Waals surface area contributed by atoms with E-state index >= 15 is 0 Å². The van der Waals surface area contributed by atoms with E-state index in [1.807, 2.05) is 5.32 Å². The van der Waals surface area contributed by atoms with Gasteiger partial charge in [-0.15, -0.1) is 13.2 Å². The van der Waals surface area contributed by atoms with Crippen LogP contribution < -0.4 is 14.8 Å². The molecule has 0 spiro atoms. The van der Waals surface area contributed by atoms with Gasteiger partial charge in [0.25, 0.3) is 10.0 Å². The number of alkyl halides is 3. The topological polar surface area (TPSA) is 137 Å². The zero-order valence-corrected chi connectivity index (χ0v) is 16.4. The molecule has 0 unspecified atom stereocenters. The first-order valence-corrected chi connectivity index (χ1v) is 9.67. The lowest BCUT2D eigenvalue weighted by molar-refractivity contribution is -0.276. The fourth-order valence-electron chi connectivity index (χ4n) is 2.01. The van der Waals surface area contributed by atoms with Gasteiger partial charge >= 0.3 is 18.4 Å². The maximum atomic E-state index is 12.5. The molecule has 15 heteroatoms. The second kappa shape index (κ2) is 9.13. The molecule has 0 bridgehead atoms. The molecule has 1 aromatic heterocycles. The Balaban J connectivity index is 2.22. The second-order valence-corrected chi connectivity index (χ2v) is 7.21. The normalized spacial score (nSPS) is 11.5. The first kappa shape index (κ1) is 23.2. The van der Waals surface area contributed by atoms with E-state index in [0.29, 0.717) is 6.07 Å². The number of ether oxygens (including phenoxy) is 2. The average Bonchev–Trinajstić information content (AvgIpc) is 2.59. The van der Waals surface area contributed by atoms with Crippen molar-refractivity contribution in [3.8, 4) is 5.88 Å². The van der Waals surface area contributed by atoms with Crippen molar-refractivity contribution in [3.05, 3.63) is 41.0 Å². The highest BCUT2D eigenvalue weighted by Crippen LogP contribution is 2.24. The summed E-state index contributed by atoms with van der Waals surface area (Å²) in [5.74, 6) is -2.74. The molecule has 2 amide bonds. The van der Waals surface area contributed by atoms with E-state index in [4.69, 9.17) is 16.3 Å². The van der Waals surface area contributed by atoms with E-state index in [9.17, 15) is 31.2 Å². The summed E-state index contributed by atoms with van der Waals surface area (Å²) in [5.41, 5.74) is -0.334. The molecule has 0 saturated heterocycles. The molecule has 0 aliphatic carbocycles. The van der Waals surface area contributed by atoms with Crippen molar-refractivity contribution in [1.29, 1.82) is 0 Å². The van der Waals surface area contributed by atoms with E-state index < -0.39 is 50.3 Å². The lowest BCUT2D eigenvalue weighted by Crippen LogP contribution is -2.35. The average molecular weight is 469 g/mol. The summed E-state index contributed by atoms with van der Waals surface area (Å²) in [5, 5.41) is 1.29. The lowest BCUT2D eigenvalue weighted by Gasteiger charge is -2.12. The van der Waals surface area contributed by atoms with Crippen LogP contribution in [-0.2, 0) is 14.8 Å². The lowest BCUT2D eigenvalue weighted by atomic mass is 10.2. The number of carbonyl (C=O) groups is 2. The molecule has 162 valence electrons. The van der Waals surface area contributed by atoms with Gasteiger partial charge in [0.05, 0.1) is 12.2 Å². The molecule has 0 fully saturated rings. The van der Waals surface area contributed by atoms with Gasteiger partial charge in [-0.25, -0.2) is 27.7 Å². The van der Waals surface area contributed by atoms with Crippen LogP contribution in [0.2, 0.25) is 5.15 Å². The first-order chi connectivity index (χ1) is 13.9. The Kier molecular flexibility index (Phi) is 7.04. The number of hydrogen-bond acceptors (Lipinski definition) is 8. The van der Waals surface area contributed by atoms with Crippen LogP contribution in [0.1, 0.15) is 17.3 Å². The third-order valence-electron chi connectivity index (χ3n) is 3.02. The molecule has 2 aromatic rings. The number of esters is 1. The molecule has 2 N–H and O–H groups in total. The third kappa shape index (κ3) is 6.45. The van der Waals surface area contributed by atoms with E-state index in [-0.39, 0.29) is 12.2 Å². The number of nitrogens with one attached hydrogen (secondary N) is 2. The van der Waals surface area contributed by atoms with Gasteiger partial charge in [0.1, 0.15) is 10.0 Å². The summed E-state index contributed by atoms with van der Waals surface area (Å²) < 4.78 is 71.7. The van der Waals surface area contributed by atoms with Crippen LogP contribution in [-0.4, -0.2) is 43.4 Å². The number of amides is 2. The maximum absolute atomic E-state index is 12.5. The monoisotopic (exact) mass is 468 g/mol. The molecule has 0 atom stereocenters. The fourth-order valence-corrected chi connectivity index (χ4v) is 3.28. The van der Waals surface area contributed by atoms with Crippen LogP contribution >= 0.6 is 11.6 Å². The van der Waals surface area contributed by atoms with E-state index in [1.165, 1.54) is 25.1 Å². The van der Waals surface area contributed by atoms with Gasteiger partial charge in [-0.3, -0.25) is 5.32 Å². The zero-order chi connectivity index (χ0) is 22.5.